The van der Waals surface area contributed by atoms with E-state index in [0.29, 0.717) is 30.5 Å². The van der Waals surface area contributed by atoms with Crippen LogP contribution in [0.2, 0.25) is 5.02 Å². The quantitative estimate of drug-likeness (QED) is 0.561. The molecule has 32 heavy (non-hydrogen) atoms. The number of hydrogen-bond donors (Lipinski definition) is 0. The maximum Gasteiger partial charge on any atom is 0.225 e. The van der Waals surface area contributed by atoms with Crippen molar-refractivity contribution in [3.63, 3.8) is 0 Å². The molecule has 0 saturated carbocycles. The van der Waals surface area contributed by atoms with Gasteiger partial charge in [0.15, 0.2) is 0 Å². The first-order chi connectivity index (χ1) is 15.4. The van der Waals surface area contributed by atoms with Crippen LogP contribution in [-0.4, -0.2) is 57.7 Å². The summed E-state index contributed by atoms with van der Waals surface area (Å²) < 4.78 is 1.83. The molecule has 1 fully saturated rings. The zero-order valence-electron chi connectivity index (χ0n) is 18.8. The van der Waals surface area contributed by atoms with Crippen LogP contribution in [0.25, 0.3) is 11.1 Å². The van der Waals surface area contributed by atoms with Gasteiger partial charge in [0, 0.05) is 69.0 Å². The van der Waals surface area contributed by atoms with Gasteiger partial charge in [-0.3, -0.25) is 9.48 Å². The molecule has 1 amide bonds. The van der Waals surface area contributed by atoms with Gasteiger partial charge in [0.2, 0.25) is 11.9 Å². The van der Waals surface area contributed by atoms with E-state index in [1.165, 1.54) is 0 Å². The molecule has 3 heterocycles. The fourth-order valence-electron chi connectivity index (χ4n) is 4.15. The summed E-state index contributed by atoms with van der Waals surface area (Å²) in [5, 5.41) is 5.08. The zero-order valence-corrected chi connectivity index (χ0v) is 19.6. The molecular weight excluding hydrogens is 424 g/mol. The highest BCUT2D eigenvalue weighted by atomic mass is 35.5. The number of rotatable bonds is 6. The Labute approximate surface area is 194 Å². The fraction of sp³-hybridized carbons (Fsp3) is 0.417. The van der Waals surface area contributed by atoms with Crippen molar-refractivity contribution in [1.82, 2.24) is 24.6 Å². The van der Waals surface area contributed by atoms with Gasteiger partial charge in [-0.05, 0) is 43.5 Å². The second-order valence-corrected chi connectivity index (χ2v) is 8.96. The van der Waals surface area contributed by atoms with Crippen LogP contribution in [-0.2, 0) is 11.3 Å². The van der Waals surface area contributed by atoms with Crippen LogP contribution in [0.4, 0.5) is 5.95 Å². The lowest BCUT2D eigenvalue weighted by Gasteiger charge is -2.33. The molecule has 1 saturated heterocycles. The summed E-state index contributed by atoms with van der Waals surface area (Å²) in [6.45, 7) is 4.01. The summed E-state index contributed by atoms with van der Waals surface area (Å²) in [7, 11) is 3.88. The van der Waals surface area contributed by atoms with Crippen LogP contribution in [0.1, 0.15) is 36.6 Å². The minimum absolute atomic E-state index is 0.159. The molecule has 8 heteroatoms. The van der Waals surface area contributed by atoms with Crippen LogP contribution >= 0.6 is 11.6 Å². The second kappa shape index (κ2) is 9.69. The van der Waals surface area contributed by atoms with Crippen molar-refractivity contribution in [2.75, 3.05) is 32.1 Å². The summed E-state index contributed by atoms with van der Waals surface area (Å²) in [5.74, 6) is 1.00. The molecule has 1 atom stereocenters. The number of aromatic nitrogens is 4. The fourth-order valence-corrected chi connectivity index (χ4v) is 4.27. The third-order valence-corrected chi connectivity index (χ3v) is 6.10. The third-order valence-electron chi connectivity index (χ3n) is 5.85. The molecule has 7 nitrogen and oxygen atoms in total. The molecule has 0 radical (unpaired) electrons. The third kappa shape index (κ3) is 5.10. The van der Waals surface area contributed by atoms with Crippen LogP contribution in [0.15, 0.2) is 42.7 Å². The molecule has 0 unspecified atom stereocenters. The van der Waals surface area contributed by atoms with Crippen LogP contribution in [0.3, 0.4) is 0 Å². The number of carbonyl (C=O) groups is 1. The van der Waals surface area contributed by atoms with Gasteiger partial charge in [-0.25, -0.2) is 9.97 Å². The Kier molecular flexibility index (Phi) is 6.74. The largest absolute Gasteiger partial charge is 0.347 e. The molecule has 0 aliphatic carbocycles. The van der Waals surface area contributed by atoms with Crippen molar-refractivity contribution in [2.24, 2.45) is 0 Å². The molecule has 0 N–H and O–H groups in total. The molecule has 168 valence electrons. The van der Waals surface area contributed by atoms with Gasteiger partial charge in [0.05, 0.1) is 11.4 Å². The van der Waals surface area contributed by atoms with Gasteiger partial charge in [-0.2, -0.15) is 5.10 Å². The second-order valence-electron chi connectivity index (χ2n) is 8.52. The number of hydrogen-bond acceptors (Lipinski definition) is 5. The van der Waals surface area contributed by atoms with Gasteiger partial charge < -0.3 is 9.80 Å². The predicted octanol–water partition coefficient (Wildman–Crippen LogP) is 4.16. The number of amides is 1. The zero-order chi connectivity index (χ0) is 22.7. The molecule has 0 spiro atoms. The minimum Gasteiger partial charge on any atom is -0.347 e. The topological polar surface area (TPSA) is 67.2 Å². The average Bonchev–Trinajstić information content (AvgIpc) is 3.22. The van der Waals surface area contributed by atoms with E-state index in [-0.39, 0.29) is 11.8 Å². The molecule has 4 rings (SSSR count). The van der Waals surface area contributed by atoms with Crippen molar-refractivity contribution in [3.05, 3.63) is 59.1 Å². The van der Waals surface area contributed by atoms with E-state index >= 15 is 0 Å². The monoisotopic (exact) mass is 452 g/mol. The van der Waals surface area contributed by atoms with Crippen LogP contribution in [0, 0.1) is 6.92 Å². The summed E-state index contributed by atoms with van der Waals surface area (Å²) in [5.41, 5.74) is 3.99. The normalized spacial score (nSPS) is 16.2. The van der Waals surface area contributed by atoms with Gasteiger partial charge >= 0.3 is 0 Å². The van der Waals surface area contributed by atoms with Crippen molar-refractivity contribution in [1.29, 1.82) is 0 Å². The first-order valence-corrected chi connectivity index (χ1v) is 11.4. The average molecular weight is 453 g/mol. The Bertz CT molecular complexity index is 1080. The minimum atomic E-state index is 0.159. The number of likely N-dealkylation sites (tertiary alicyclic amines) is 1. The van der Waals surface area contributed by atoms with Crippen molar-refractivity contribution < 1.29 is 4.79 Å². The Hall–Kier alpha value is -2.93. The van der Waals surface area contributed by atoms with Crippen molar-refractivity contribution in [3.8, 4) is 11.1 Å². The predicted molar refractivity (Wildman–Crippen MR) is 127 cm³/mol. The number of nitrogens with zero attached hydrogens (tertiary/aromatic N) is 6. The molecule has 1 aliphatic rings. The summed E-state index contributed by atoms with van der Waals surface area (Å²) in [6.07, 6.45) is 6.21. The molecular formula is C24H29ClN6O. The highest BCUT2D eigenvalue weighted by molar-refractivity contribution is 6.30. The van der Waals surface area contributed by atoms with E-state index < -0.39 is 0 Å². The Morgan fingerprint density at radius 1 is 1.22 bits per heavy atom. The van der Waals surface area contributed by atoms with E-state index in [1.807, 2.05) is 78.2 Å². The van der Waals surface area contributed by atoms with E-state index in [0.717, 1.165) is 41.9 Å². The highest BCUT2D eigenvalue weighted by Crippen LogP contribution is 2.34. The Balaban J connectivity index is 1.55. The number of piperidine rings is 1. The standard InChI is InChI=1S/C24H29ClN6O/c1-17-10-13-31(28-17)14-11-22(32)30-12-4-5-19(16-30)23-21(15-26-24(27-23)29(2)3)18-6-8-20(25)9-7-18/h6-10,13,15,19H,4-5,11-12,14,16H2,1-3H3/t19-/m0/s1. The SMILES string of the molecule is Cc1ccn(CCC(=O)N2CCC[C@H](c3nc(N(C)C)ncc3-c3ccc(Cl)cc3)C2)n1. The maximum absolute atomic E-state index is 13.0. The molecule has 2 aromatic heterocycles. The lowest BCUT2D eigenvalue weighted by Crippen LogP contribution is -2.39. The maximum atomic E-state index is 13.0. The number of anilines is 1. The van der Waals surface area contributed by atoms with Gasteiger partial charge in [-0.1, -0.05) is 23.7 Å². The molecule has 1 aromatic carbocycles. The van der Waals surface area contributed by atoms with Gasteiger partial charge in [0.1, 0.15) is 0 Å². The molecule has 3 aromatic rings. The number of aryl methyl sites for hydroxylation is 2. The first-order valence-electron chi connectivity index (χ1n) is 11.0. The van der Waals surface area contributed by atoms with E-state index in [2.05, 4.69) is 10.1 Å². The summed E-state index contributed by atoms with van der Waals surface area (Å²) >= 11 is 6.10. The Morgan fingerprint density at radius 2 is 2.00 bits per heavy atom. The van der Waals surface area contributed by atoms with Crippen molar-refractivity contribution in [2.45, 2.75) is 38.6 Å². The van der Waals surface area contributed by atoms with Gasteiger partial charge in [0.25, 0.3) is 0 Å². The molecule has 1 aliphatic heterocycles. The molecule has 0 bridgehead atoms. The lowest BCUT2D eigenvalue weighted by atomic mass is 9.89. The number of carbonyl (C=O) groups excluding carboxylic acids is 1. The highest BCUT2D eigenvalue weighted by Gasteiger charge is 2.28. The van der Waals surface area contributed by atoms with Crippen LogP contribution in [0.5, 0.6) is 0 Å². The number of benzene rings is 1. The lowest BCUT2D eigenvalue weighted by molar-refractivity contribution is -0.132. The first kappa shape index (κ1) is 22.3. The smallest absolute Gasteiger partial charge is 0.225 e. The number of halogens is 1. The van der Waals surface area contributed by atoms with Crippen molar-refractivity contribution >= 4 is 23.5 Å². The van der Waals surface area contributed by atoms with E-state index in [1.54, 1.807) is 0 Å². The van der Waals surface area contributed by atoms with E-state index in [4.69, 9.17) is 16.6 Å². The Morgan fingerprint density at radius 3 is 2.69 bits per heavy atom. The van der Waals surface area contributed by atoms with Crippen LogP contribution < -0.4 is 4.90 Å². The van der Waals surface area contributed by atoms with E-state index in [9.17, 15) is 4.79 Å². The summed E-state index contributed by atoms with van der Waals surface area (Å²) in [6, 6.07) is 9.72. The van der Waals surface area contributed by atoms with Gasteiger partial charge in [-0.15, -0.1) is 0 Å². The summed E-state index contributed by atoms with van der Waals surface area (Å²) in [4.78, 5) is 26.3.